The standard InChI is InChI=1S/C25H39BN4O5/c1-23(2,3)34-22(32)30-14-12-29(13-15-30)21(31)18-8-10-20(11-9-18)28-17-19(16-27)26-35-25(6,7)24(4,5)33/h8-11,16-17,26-28,33H,12-15H2,1-7H3/b19-17+,27-16?. The molecular formula is C25H39BN4O5. The first-order valence-corrected chi connectivity index (χ1v) is 11.8. The third-order valence-corrected chi connectivity index (χ3v) is 6.03. The quantitative estimate of drug-likeness (QED) is 0.384. The van der Waals surface area contributed by atoms with Gasteiger partial charge >= 0.3 is 13.6 Å². The van der Waals surface area contributed by atoms with E-state index in [-0.39, 0.29) is 19.5 Å². The van der Waals surface area contributed by atoms with E-state index < -0.39 is 16.8 Å². The van der Waals surface area contributed by atoms with Gasteiger partial charge in [0.2, 0.25) is 0 Å². The fraction of sp³-hybridized carbons (Fsp3) is 0.560. The highest BCUT2D eigenvalue weighted by molar-refractivity contribution is 6.45. The third-order valence-electron chi connectivity index (χ3n) is 6.03. The Morgan fingerprint density at radius 2 is 1.54 bits per heavy atom. The first-order valence-electron chi connectivity index (χ1n) is 11.8. The zero-order valence-corrected chi connectivity index (χ0v) is 22.0. The minimum atomic E-state index is -1.03. The van der Waals surface area contributed by atoms with Crippen LogP contribution in [0.25, 0.3) is 0 Å². The SMILES string of the molecule is CC(C)(C)OC(=O)N1CCN(C(=O)c2ccc(N/C=C(/BOC(C)(C)C(C)(C)O)C=N)cc2)CC1. The van der Waals surface area contributed by atoms with Crippen LogP contribution in [0.5, 0.6) is 0 Å². The van der Waals surface area contributed by atoms with Gasteiger partial charge in [0.05, 0.1) is 11.2 Å². The van der Waals surface area contributed by atoms with Crippen LogP contribution in [0.2, 0.25) is 0 Å². The number of hydrogen-bond donors (Lipinski definition) is 3. The minimum absolute atomic E-state index is 0.0849. The number of rotatable bonds is 8. The molecule has 0 aromatic heterocycles. The molecule has 0 saturated carbocycles. The summed E-state index contributed by atoms with van der Waals surface area (Å²) in [6, 6.07) is 7.08. The Balaban J connectivity index is 1.90. The maximum atomic E-state index is 12.9. The molecule has 10 heteroatoms. The lowest BCUT2D eigenvalue weighted by atomic mass is 9.83. The molecule has 35 heavy (non-hydrogen) atoms. The molecule has 0 spiro atoms. The number of benzene rings is 1. The Bertz CT molecular complexity index is 925. The van der Waals surface area contributed by atoms with Gasteiger partial charge in [0.25, 0.3) is 5.91 Å². The van der Waals surface area contributed by atoms with Gasteiger partial charge in [-0.3, -0.25) is 4.79 Å². The molecular weight excluding hydrogens is 447 g/mol. The molecule has 0 atom stereocenters. The van der Waals surface area contributed by atoms with Crippen LogP contribution in [-0.2, 0) is 9.39 Å². The summed E-state index contributed by atoms with van der Waals surface area (Å²) in [4.78, 5) is 28.5. The van der Waals surface area contributed by atoms with E-state index >= 15 is 0 Å². The van der Waals surface area contributed by atoms with E-state index in [4.69, 9.17) is 14.8 Å². The molecule has 1 saturated heterocycles. The second kappa shape index (κ2) is 11.3. The molecule has 3 N–H and O–H groups in total. The highest BCUT2D eigenvalue weighted by Gasteiger charge is 2.35. The van der Waals surface area contributed by atoms with E-state index in [1.807, 2.05) is 20.8 Å². The van der Waals surface area contributed by atoms with Crippen molar-refractivity contribution in [3.63, 3.8) is 0 Å². The largest absolute Gasteiger partial charge is 0.444 e. The van der Waals surface area contributed by atoms with Crippen LogP contribution in [0.4, 0.5) is 10.5 Å². The van der Waals surface area contributed by atoms with Crippen molar-refractivity contribution in [1.29, 1.82) is 5.41 Å². The highest BCUT2D eigenvalue weighted by Crippen LogP contribution is 2.25. The molecule has 0 unspecified atom stereocenters. The number of piperazine rings is 1. The van der Waals surface area contributed by atoms with Crippen LogP contribution in [0.3, 0.4) is 0 Å². The molecule has 1 aliphatic heterocycles. The number of allylic oxidation sites excluding steroid dienone is 1. The van der Waals surface area contributed by atoms with Gasteiger partial charge in [-0.25, -0.2) is 4.79 Å². The number of anilines is 1. The molecule has 0 bridgehead atoms. The molecule has 1 aromatic carbocycles. The number of ether oxygens (including phenoxy) is 1. The molecule has 9 nitrogen and oxygen atoms in total. The van der Waals surface area contributed by atoms with Crippen molar-refractivity contribution < 1.29 is 24.1 Å². The number of nitrogens with one attached hydrogen (secondary N) is 2. The Kier molecular flexibility index (Phi) is 9.14. The van der Waals surface area contributed by atoms with Gasteiger partial charge in [0.1, 0.15) is 5.60 Å². The Morgan fingerprint density at radius 3 is 2.03 bits per heavy atom. The Hall–Kier alpha value is -2.85. The van der Waals surface area contributed by atoms with E-state index in [2.05, 4.69) is 5.32 Å². The maximum absolute atomic E-state index is 12.9. The lowest BCUT2D eigenvalue weighted by Crippen LogP contribution is -2.51. The molecule has 1 fully saturated rings. The second-order valence-corrected chi connectivity index (χ2v) is 10.7. The summed E-state index contributed by atoms with van der Waals surface area (Å²) in [5.74, 6) is -0.0849. The first kappa shape index (κ1) is 28.4. The number of aliphatic hydroxyl groups is 1. The monoisotopic (exact) mass is 486 g/mol. The van der Waals surface area contributed by atoms with Crippen molar-refractivity contribution in [1.82, 2.24) is 9.80 Å². The van der Waals surface area contributed by atoms with Gasteiger partial charge in [-0.1, -0.05) is 0 Å². The summed E-state index contributed by atoms with van der Waals surface area (Å²) in [6.07, 6.45) is 2.51. The van der Waals surface area contributed by atoms with Crippen LogP contribution in [0, 0.1) is 5.41 Å². The average Bonchev–Trinajstić information content (AvgIpc) is 2.77. The maximum Gasteiger partial charge on any atom is 0.410 e. The van der Waals surface area contributed by atoms with Crippen LogP contribution in [0.1, 0.15) is 58.8 Å². The summed E-state index contributed by atoms with van der Waals surface area (Å²) in [7, 11) is 0.166. The number of carbonyl (C=O) groups is 2. The van der Waals surface area contributed by atoms with Crippen molar-refractivity contribution in [3.05, 3.63) is 41.5 Å². The number of amides is 2. The van der Waals surface area contributed by atoms with E-state index in [9.17, 15) is 14.7 Å². The van der Waals surface area contributed by atoms with E-state index in [0.29, 0.717) is 37.2 Å². The van der Waals surface area contributed by atoms with E-state index in [1.54, 1.807) is 68.0 Å². The van der Waals surface area contributed by atoms with Crippen LogP contribution in [-0.4, -0.2) is 83.6 Å². The van der Waals surface area contributed by atoms with Crippen LogP contribution >= 0.6 is 0 Å². The van der Waals surface area contributed by atoms with Crippen molar-refractivity contribution in [2.75, 3.05) is 31.5 Å². The first-order chi connectivity index (χ1) is 16.1. The highest BCUT2D eigenvalue weighted by atomic mass is 16.6. The molecule has 0 radical (unpaired) electrons. The van der Waals surface area contributed by atoms with Gasteiger partial charge < -0.3 is 35.0 Å². The second-order valence-electron chi connectivity index (χ2n) is 10.7. The number of hydrogen-bond acceptors (Lipinski definition) is 7. The lowest BCUT2D eigenvalue weighted by molar-refractivity contribution is -0.0895. The van der Waals surface area contributed by atoms with E-state index in [1.165, 1.54) is 6.21 Å². The number of nitrogens with zero attached hydrogens (tertiary/aromatic N) is 2. The fourth-order valence-corrected chi connectivity index (χ4v) is 3.05. The van der Waals surface area contributed by atoms with Crippen LogP contribution < -0.4 is 5.32 Å². The predicted octanol–water partition coefficient (Wildman–Crippen LogP) is 3.20. The molecule has 0 aliphatic carbocycles. The lowest BCUT2D eigenvalue weighted by Gasteiger charge is -2.37. The Labute approximate surface area is 209 Å². The molecule has 192 valence electrons. The van der Waals surface area contributed by atoms with Gasteiger partial charge in [0.15, 0.2) is 0 Å². The van der Waals surface area contributed by atoms with Gasteiger partial charge in [-0.05, 0) is 84.4 Å². The summed E-state index contributed by atoms with van der Waals surface area (Å²) in [5, 5.41) is 20.9. The third kappa shape index (κ3) is 8.40. The molecule has 1 aromatic rings. The van der Waals surface area contributed by atoms with Gasteiger partial charge in [-0.2, -0.15) is 0 Å². The zero-order chi connectivity index (χ0) is 26.4. The number of carbonyl (C=O) groups excluding carboxylic acids is 2. The molecule has 2 rings (SSSR count). The minimum Gasteiger partial charge on any atom is -0.444 e. The summed E-state index contributed by atoms with van der Waals surface area (Å²) in [6.45, 7) is 14.2. The smallest absolute Gasteiger partial charge is 0.410 e. The molecule has 1 aliphatic rings. The summed E-state index contributed by atoms with van der Waals surface area (Å²) >= 11 is 0. The summed E-state index contributed by atoms with van der Waals surface area (Å²) in [5.41, 5.74) is -0.432. The topological polar surface area (TPSA) is 115 Å². The van der Waals surface area contributed by atoms with Gasteiger partial charge in [0, 0.05) is 43.6 Å². The van der Waals surface area contributed by atoms with E-state index in [0.717, 1.165) is 5.69 Å². The zero-order valence-electron chi connectivity index (χ0n) is 22.0. The normalized spacial score (nSPS) is 15.5. The predicted molar refractivity (Wildman–Crippen MR) is 139 cm³/mol. The Morgan fingerprint density at radius 1 is 1.00 bits per heavy atom. The van der Waals surface area contributed by atoms with Crippen molar-refractivity contribution in [3.8, 4) is 0 Å². The fourth-order valence-electron chi connectivity index (χ4n) is 3.05. The summed E-state index contributed by atoms with van der Waals surface area (Å²) < 4.78 is 11.2. The van der Waals surface area contributed by atoms with Crippen molar-refractivity contribution >= 4 is 31.4 Å². The van der Waals surface area contributed by atoms with Crippen molar-refractivity contribution in [2.45, 2.75) is 65.3 Å². The average molecular weight is 486 g/mol. The molecule has 1 heterocycles. The van der Waals surface area contributed by atoms with Crippen LogP contribution in [0.15, 0.2) is 35.9 Å². The van der Waals surface area contributed by atoms with Crippen molar-refractivity contribution in [2.24, 2.45) is 0 Å². The molecule has 2 amide bonds. The van der Waals surface area contributed by atoms with Gasteiger partial charge in [-0.15, -0.1) is 0 Å².